The Bertz CT molecular complexity index is 3430. The average Bonchev–Trinajstić information content (AvgIpc) is 4.05. The van der Waals surface area contributed by atoms with Gasteiger partial charge in [-0.05, 0) is 118 Å². The first-order valence-corrected chi connectivity index (χ1v) is 22.1. The van der Waals surface area contributed by atoms with Gasteiger partial charge in [0.15, 0.2) is 11.6 Å². The third kappa shape index (κ3) is 5.66. The van der Waals surface area contributed by atoms with Crippen LogP contribution in [0.4, 0.5) is 8.78 Å². The molecule has 1 saturated carbocycles. The maximum Gasteiger partial charge on any atom is 0.438 e. The molecule has 5 atom stereocenters. The summed E-state index contributed by atoms with van der Waals surface area (Å²) < 4.78 is 50.5. The first kappa shape index (κ1) is 39.7. The lowest BCUT2D eigenvalue weighted by Gasteiger charge is -2.35. The number of ether oxygens (including phenoxy) is 1. The number of aromatic nitrogens is 9. The maximum absolute atomic E-state index is 16.2. The topological polar surface area (TPSA) is 156 Å². The summed E-state index contributed by atoms with van der Waals surface area (Å²) in [4.78, 5) is 47.7. The SMILES string of the molecule is Cc1cc(-n2nc3c(c2-n2ccn(-c4ccc5c(cnn5C)c4F)c2=O)[C@@H]2CC[C@H](C3)N2C(=O)c2cc3cc([C@H]4COC(C)(C)C4)ccc3n2[C@@]2(c3noc(=O)[nH]3)C[C@@H]2C)cc(C)c1F. The average molecular weight is 881 g/mol. The number of benzene rings is 3. The largest absolute Gasteiger partial charge is 0.438 e. The number of hydrogen-bond acceptors (Lipinski definition) is 8. The number of aryl methyl sites for hydroxylation is 3. The number of H-pyrrole nitrogens is 1. The van der Waals surface area contributed by atoms with E-state index in [9.17, 15) is 9.59 Å². The van der Waals surface area contributed by atoms with Crippen LogP contribution in [-0.2, 0) is 23.7 Å². The van der Waals surface area contributed by atoms with E-state index in [1.807, 2.05) is 15.5 Å². The van der Waals surface area contributed by atoms with Gasteiger partial charge in [0.1, 0.15) is 22.9 Å². The predicted octanol–water partition coefficient (Wildman–Crippen LogP) is 7.19. The highest BCUT2D eigenvalue weighted by Gasteiger charge is 2.59. The molecule has 8 aromatic rings. The van der Waals surface area contributed by atoms with Crippen LogP contribution in [0.15, 0.2) is 81.2 Å². The summed E-state index contributed by atoms with van der Waals surface area (Å²) >= 11 is 0. The molecular weight excluding hydrogens is 835 g/mol. The summed E-state index contributed by atoms with van der Waals surface area (Å²) in [6.07, 6.45) is 7.69. The second kappa shape index (κ2) is 13.6. The van der Waals surface area contributed by atoms with Crippen molar-refractivity contribution < 1.29 is 22.8 Å². The van der Waals surface area contributed by atoms with Gasteiger partial charge in [-0.2, -0.15) is 10.2 Å². The molecule has 3 fully saturated rings. The molecule has 332 valence electrons. The van der Waals surface area contributed by atoms with Crippen molar-refractivity contribution in [3.63, 3.8) is 0 Å². The molecule has 2 bridgehead atoms. The Morgan fingerprint density at radius 1 is 0.938 bits per heavy atom. The fourth-order valence-electron chi connectivity index (χ4n) is 11.4. The van der Waals surface area contributed by atoms with Gasteiger partial charge in [-0.1, -0.05) is 18.1 Å². The number of nitrogens with zero attached hydrogens (tertiary/aromatic N) is 9. The van der Waals surface area contributed by atoms with E-state index in [4.69, 9.17) is 14.4 Å². The Kier molecular flexibility index (Phi) is 8.29. The zero-order valence-corrected chi connectivity index (χ0v) is 36.7. The number of aromatic amines is 1. The summed E-state index contributed by atoms with van der Waals surface area (Å²) in [6, 6.07) is 14.2. The zero-order valence-electron chi connectivity index (χ0n) is 36.7. The number of fused-ring (bicyclic) bond motifs is 6. The molecule has 5 aromatic heterocycles. The quantitative estimate of drug-likeness (QED) is 0.176. The van der Waals surface area contributed by atoms with Crippen LogP contribution in [0, 0.1) is 31.4 Å². The van der Waals surface area contributed by atoms with Gasteiger partial charge in [0.2, 0.25) is 0 Å². The van der Waals surface area contributed by atoms with Crippen LogP contribution in [-0.4, -0.2) is 72.5 Å². The zero-order chi connectivity index (χ0) is 45.0. The standard InChI is InChI=1S/C48H46F2N10O5/c1-24-15-31(16-25(2)40(24)49)60-42(57-14-13-56(46(57)63)37-12-11-35-32(41(37)50)22-51-55(35)6)39-33(53-60)19-30-8-10-36(39)58(30)43(61)38-18-28-17-27(29-21-47(4,5)64-23-29)7-9-34(28)59(38)48(20-26(48)3)44-52-45(62)65-54-44/h7,9,11-18,22,26,29-30,36H,8,10,19-21,23H2,1-6H3,(H,52,54,62)/t26-,29+,30+,36-,48-/m0/s1. The summed E-state index contributed by atoms with van der Waals surface area (Å²) in [6.45, 7) is 10.2. The molecule has 4 aliphatic rings. The van der Waals surface area contributed by atoms with Gasteiger partial charge in [0.25, 0.3) is 5.91 Å². The highest BCUT2D eigenvalue weighted by atomic mass is 19.1. The lowest BCUT2D eigenvalue weighted by Crippen LogP contribution is -2.43. The van der Waals surface area contributed by atoms with Gasteiger partial charge < -0.3 is 14.2 Å². The molecule has 12 rings (SSSR count). The van der Waals surface area contributed by atoms with Crippen LogP contribution < -0.4 is 11.4 Å². The van der Waals surface area contributed by atoms with Crippen molar-refractivity contribution in [2.45, 2.75) is 95.9 Å². The minimum absolute atomic E-state index is 0.00543. The fourth-order valence-corrected chi connectivity index (χ4v) is 11.4. The van der Waals surface area contributed by atoms with Crippen LogP contribution in [0.25, 0.3) is 39.0 Å². The molecule has 65 heavy (non-hydrogen) atoms. The summed E-state index contributed by atoms with van der Waals surface area (Å²) in [5.74, 6) is -0.872. The number of carbonyl (C=O) groups excluding carboxylic acids is 1. The lowest BCUT2D eigenvalue weighted by atomic mass is 9.91. The van der Waals surface area contributed by atoms with E-state index in [0.717, 1.165) is 28.6 Å². The summed E-state index contributed by atoms with van der Waals surface area (Å²) in [5.41, 5.74) is 4.15. The molecule has 1 aliphatic carbocycles. The van der Waals surface area contributed by atoms with Gasteiger partial charge in [-0.25, -0.2) is 23.1 Å². The monoisotopic (exact) mass is 880 g/mol. The molecule has 0 spiro atoms. The normalized spacial score (nSPS) is 23.3. The van der Waals surface area contributed by atoms with E-state index >= 15 is 13.6 Å². The molecule has 17 heteroatoms. The minimum Gasteiger partial charge on any atom is -0.375 e. The van der Waals surface area contributed by atoms with Gasteiger partial charge in [0.05, 0.1) is 52.4 Å². The highest BCUT2D eigenvalue weighted by molar-refractivity contribution is 6.00. The van der Waals surface area contributed by atoms with Crippen molar-refractivity contribution in [1.29, 1.82) is 0 Å². The molecule has 1 N–H and O–H groups in total. The van der Waals surface area contributed by atoms with Crippen molar-refractivity contribution in [2.75, 3.05) is 6.61 Å². The molecule has 2 saturated heterocycles. The Labute approximate surface area is 369 Å². The van der Waals surface area contributed by atoms with E-state index in [1.165, 1.54) is 21.5 Å². The molecule has 0 unspecified atom stereocenters. The molecule has 3 aromatic carbocycles. The molecule has 3 aliphatic heterocycles. The number of imidazole rings is 1. The van der Waals surface area contributed by atoms with Gasteiger partial charge in [0, 0.05) is 54.3 Å². The van der Waals surface area contributed by atoms with Crippen LogP contribution in [0.3, 0.4) is 0 Å². The van der Waals surface area contributed by atoms with Crippen molar-refractivity contribution in [2.24, 2.45) is 13.0 Å². The van der Waals surface area contributed by atoms with Crippen molar-refractivity contribution in [3.8, 4) is 17.2 Å². The van der Waals surface area contributed by atoms with Crippen LogP contribution in [0.2, 0.25) is 0 Å². The number of nitrogens with one attached hydrogen (secondary N) is 1. The van der Waals surface area contributed by atoms with E-state index in [2.05, 4.69) is 54.2 Å². The van der Waals surface area contributed by atoms with Crippen LogP contribution in [0.5, 0.6) is 0 Å². The lowest BCUT2D eigenvalue weighted by molar-refractivity contribution is 0.0360. The Balaban J connectivity index is 1.02. The second-order valence-corrected chi connectivity index (χ2v) is 19.2. The predicted molar refractivity (Wildman–Crippen MR) is 235 cm³/mol. The molecule has 8 heterocycles. The molecule has 15 nitrogen and oxygen atoms in total. The van der Waals surface area contributed by atoms with Crippen molar-refractivity contribution >= 4 is 27.7 Å². The Morgan fingerprint density at radius 3 is 2.40 bits per heavy atom. The highest BCUT2D eigenvalue weighted by Crippen LogP contribution is 2.57. The van der Waals surface area contributed by atoms with Gasteiger partial charge in [-0.15, -0.1) is 0 Å². The number of amides is 1. The maximum atomic E-state index is 16.2. The van der Waals surface area contributed by atoms with E-state index in [0.29, 0.717) is 77.5 Å². The van der Waals surface area contributed by atoms with Crippen LogP contribution in [0.1, 0.15) is 103 Å². The van der Waals surface area contributed by atoms with Crippen molar-refractivity contribution in [3.05, 3.63) is 139 Å². The summed E-state index contributed by atoms with van der Waals surface area (Å²) in [5, 5.41) is 14.7. The van der Waals surface area contributed by atoms with Gasteiger partial charge in [-0.3, -0.25) is 28.1 Å². The molecule has 1 amide bonds. The number of halogens is 2. The summed E-state index contributed by atoms with van der Waals surface area (Å²) in [7, 11) is 1.72. The molecular formula is C48H46F2N10O5. The minimum atomic E-state index is -0.850. The third-order valence-electron chi connectivity index (χ3n) is 14.7. The number of carbonyl (C=O) groups is 1. The van der Waals surface area contributed by atoms with Gasteiger partial charge >= 0.3 is 11.4 Å². The fraction of sp³-hybridized carbons (Fsp3) is 0.375. The first-order valence-electron chi connectivity index (χ1n) is 22.1. The third-order valence-corrected chi connectivity index (χ3v) is 14.7. The Morgan fingerprint density at radius 2 is 1.69 bits per heavy atom. The molecule has 0 radical (unpaired) electrons. The Hall–Kier alpha value is -6.88. The number of hydrogen-bond donors (Lipinski definition) is 1. The smallest absolute Gasteiger partial charge is 0.375 e. The van der Waals surface area contributed by atoms with E-state index < -0.39 is 28.8 Å². The van der Waals surface area contributed by atoms with E-state index in [-0.39, 0.29) is 46.3 Å². The van der Waals surface area contributed by atoms with Crippen molar-refractivity contribution in [1.82, 2.24) is 48.3 Å². The number of rotatable bonds is 7. The van der Waals surface area contributed by atoms with E-state index in [1.54, 1.807) is 60.7 Å². The van der Waals surface area contributed by atoms with Crippen LogP contribution >= 0.6 is 0 Å². The second-order valence-electron chi connectivity index (χ2n) is 19.2. The first-order chi connectivity index (χ1) is 31.1.